The van der Waals surface area contributed by atoms with E-state index in [1.54, 1.807) is 0 Å². The van der Waals surface area contributed by atoms with Crippen LogP contribution in [0.3, 0.4) is 0 Å². The van der Waals surface area contributed by atoms with Crippen molar-refractivity contribution in [2.24, 2.45) is 0 Å². The molecule has 0 saturated carbocycles. The number of hydrogen-bond donors (Lipinski definition) is 1. The number of aromatic nitrogens is 1. The Kier molecular flexibility index (Phi) is 5.92. The highest BCUT2D eigenvalue weighted by atomic mass is 35.5. The first-order chi connectivity index (χ1) is 14.3. The molecule has 1 aliphatic rings. The minimum absolute atomic E-state index is 0.127. The normalized spacial score (nSPS) is 17.2. The highest BCUT2D eigenvalue weighted by molar-refractivity contribution is 7.89. The van der Waals surface area contributed by atoms with Crippen molar-refractivity contribution < 1.29 is 13.2 Å². The Morgan fingerprint density at radius 3 is 2.57 bits per heavy atom. The zero-order valence-corrected chi connectivity index (χ0v) is 18.6. The molecule has 0 radical (unpaired) electrons. The first-order valence-electron chi connectivity index (χ1n) is 9.45. The molecule has 1 saturated heterocycles. The summed E-state index contributed by atoms with van der Waals surface area (Å²) in [6.07, 6.45) is 1.09. The topological polar surface area (TPSA) is 79.4 Å². The fourth-order valence-electron chi connectivity index (χ4n) is 3.41. The van der Waals surface area contributed by atoms with E-state index >= 15 is 0 Å². The number of anilines is 1. The number of thiazole rings is 1. The molecule has 1 atom stereocenters. The van der Waals surface area contributed by atoms with E-state index in [0.717, 1.165) is 16.8 Å². The summed E-state index contributed by atoms with van der Waals surface area (Å²) in [4.78, 5) is 17.5. The number of nitrogens with one attached hydrogen (secondary N) is 1. The van der Waals surface area contributed by atoms with Crippen LogP contribution in [0.15, 0.2) is 58.8 Å². The SMILES string of the molecule is Cc1ccc(-c2csc(NC(=O)C3CCCN3S(=O)(=O)c3ccc(Cl)cc3)n2)cc1. The second kappa shape index (κ2) is 8.47. The lowest BCUT2D eigenvalue weighted by Gasteiger charge is -2.23. The summed E-state index contributed by atoms with van der Waals surface area (Å²) in [5, 5.41) is 5.57. The maximum Gasteiger partial charge on any atom is 0.244 e. The van der Waals surface area contributed by atoms with Crippen molar-refractivity contribution in [1.82, 2.24) is 9.29 Å². The van der Waals surface area contributed by atoms with E-state index < -0.39 is 16.1 Å². The summed E-state index contributed by atoms with van der Waals surface area (Å²) in [6.45, 7) is 2.32. The van der Waals surface area contributed by atoms with Gasteiger partial charge in [-0.1, -0.05) is 41.4 Å². The molecule has 1 unspecified atom stereocenters. The molecule has 0 bridgehead atoms. The van der Waals surface area contributed by atoms with Crippen LogP contribution < -0.4 is 5.32 Å². The number of halogens is 1. The van der Waals surface area contributed by atoms with E-state index in [2.05, 4.69) is 10.3 Å². The maximum absolute atomic E-state index is 13.0. The van der Waals surface area contributed by atoms with Crippen molar-refractivity contribution in [2.75, 3.05) is 11.9 Å². The number of aryl methyl sites for hydroxylation is 1. The van der Waals surface area contributed by atoms with E-state index in [0.29, 0.717) is 29.5 Å². The number of benzene rings is 2. The average molecular weight is 462 g/mol. The Morgan fingerprint density at radius 1 is 1.17 bits per heavy atom. The van der Waals surface area contributed by atoms with E-state index in [1.807, 2.05) is 36.6 Å². The van der Waals surface area contributed by atoms with Gasteiger partial charge in [-0.3, -0.25) is 4.79 Å². The van der Waals surface area contributed by atoms with Crippen LogP contribution in [0.5, 0.6) is 0 Å². The summed E-state index contributed by atoms with van der Waals surface area (Å²) in [7, 11) is -3.79. The lowest BCUT2D eigenvalue weighted by Crippen LogP contribution is -2.43. The van der Waals surface area contributed by atoms with Crippen LogP contribution in [-0.2, 0) is 14.8 Å². The first-order valence-corrected chi connectivity index (χ1v) is 12.2. The van der Waals surface area contributed by atoms with Gasteiger partial charge in [-0.15, -0.1) is 11.3 Å². The number of sulfonamides is 1. The molecule has 6 nitrogen and oxygen atoms in total. The Hall–Kier alpha value is -2.26. The second-order valence-electron chi connectivity index (χ2n) is 7.12. The van der Waals surface area contributed by atoms with Crippen molar-refractivity contribution >= 4 is 44.0 Å². The average Bonchev–Trinajstić information content (AvgIpc) is 3.39. The van der Waals surface area contributed by atoms with Gasteiger partial charge in [-0.05, 0) is 44.0 Å². The van der Waals surface area contributed by atoms with Gasteiger partial charge in [-0.2, -0.15) is 4.31 Å². The van der Waals surface area contributed by atoms with Crippen molar-refractivity contribution in [3.05, 3.63) is 64.5 Å². The Bertz CT molecular complexity index is 1160. The molecule has 2 aromatic carbocycles. The van der Waals surface area contributed by atoms with Crippen LogP contribution in [0, 0.1) is 6.92 Å². The minimum atomic E-state index is -3.79. The van der Waals surface area contributed by atoms with Gasteiger partial charge in [0.2, 0.25) is 15.9 Å². The molecule has 156 valence electrons. The van der Waals surface area contributed by atoms with Crippen LogP contribution >= 0.6 is 22.9 Å². The summed E-state index contributed by atoms with van der Waals surface area (Å²) in [5.41, 5.74) is 2.89. The first kappa shape index (κ1) is 21.0. The Morgan fingerprint density at radius 2 is 1.87 bits per heavy atom. The van der Waals surface area contributed by atoms with E-state index in [1.165, 1.54) is 39.9 Å². The maximum atomic E-state index is 13.0. The molecule has 4 rings (SSSR count). The predicted molar refractivity (Wildman–Crippen MR) is 119 cm³/mol. The number of carbonyl (C=O) groups is 1. The molecule has 1 aliphatic heterocycles. The smallest absolute Gasteiger partial charge is 0.244 e. The molecule has 3 aromatic rings. The molecule has 0 aliphatic carbocycles. The van der Waals surface area contributed by atoms with Gasteiger partial charge >= 0.3 is 0 Å². The largest absolute Gasteiger partial charge is 0.301 e. The summed E-state index contributed by atoms with van der Waals surface area (Å²) >= 11 is 7.18. The fraction of sp³-hybridized carbons (Fsp3) is 0.238. The van der Waals surface area contributed by atoms with Crippen molar-refractivity contribution in [1.29, 1.82) is 0 Å². The summed E-state index contributed by atoms with van der Waals surface area (Å²) < 4.78 is 27.3. The van der Waals surface area contributed by atoms with Crippen molar-refractivity contribution in [2.45, 2.75) is 30.7 Å². The van der Waals surface area contributed by atoms with Crippen LogP contribution in [0.2, 0.25) is 5.02 Å². The monoisotopic (exact) mass is 461 g/mol. The molecule has 9 heteroatoms. The van der Waals surface area contributed by atoms with Crippen LogP contribution in [0.1, 0.15) is 18.4 Å². The van der Waals surface area contributed by atoms with Crippen molar-refractivity contribution in [3.8, 4) is 11.3 Å². The summed E-state index contributed by atoms with van der Waals surface area (Å²) in [5.74, 6) is -0.366. The van der Waals surface area contributed by atoms with Gasteiger partial charge in [0, 0.05) is 22.5 Å². The van der Waals surface area contributed by atoms with Crippen LogP contribution in [0.4, 0.5) is 5.13 Å². The Labute approximate surface area is 184 Å². The van der Waals surface area contributed by atoms with E-state index in [4.69, 9.17) is 11.6 Å². The van der Waals surface area contributed by atoms with Gasteiger partial charge in [0.25, 0.3) is 0 Å². The third kappa shape index (κ3) is 4.27. The number of amides is 1. The summed E-state index contributed by atoms with van der Waals surface area (Å²) in [6, 6.07) is 13.2. The molecule has 1 fully saturated rings. The molecular weight excluding hydrogens is 442 g/mol. The number of hydrogen-bond acceptors (Lipinski definition) is 5. The van der Waals surface area contributed by atoms with Crippen LogP contribution in [-0.4, -0.2) is 36.2 Å². The van der Waals surface area contributed by atoms with Gasteiger partial charge in [0.15, 0.2) is 5.13 Å². The highest BCUT2D eigenvalue weighted by Gasteiger charge is 2.39. The molecular formula is C21H20ClN3O3S2. The number of carbonyl (C=O) groups excluding carboxylic acids is 1. The molecule has 30 heavy (non-hydrogen) atoms. The molecule has 1 aromatic heterocycles. The zero-order chi connectivity index (χ0) is 21.3. The third-order valence-electron chi connectivity index (χ3n) is 5.01. The standard InChI is InChI=1S/C21H20ClN3O3S2/c1-14-4-6-15(7-5-14)18-13-29-21(23-18)24-20(26)19-3-2-12-25(19)30(27,28)17-10-8-16(22)9-11-17/h4-11,13,19H,2-3,12H2,1H3,(H,23,24,26). The lowest BCUT2D eigenvalue weighted by atomic mass is 10.1. The zero-order valence-electron chi connectivity index (χ0n) is 16.2. The van der Waals surface area contributed by atoms with Crippen LogP contribution in [0.25, 0.3) is 11.3 Å². The second-order valence-corrected chi connectivity index (χ2v) is 10.3. The molecule has 0 spiro atoms. The van der Waals surface area contributed by atoms with Gasteiger partial charge < -0.3 is 5.32 Å². The molecule has 1 N–H and O–H groups in total. The predicted octanol–water partition coefficient (Wildman–Crippen LogP) is 4.56. The van der Waals surface area contributed by atoms with E-state index in [9.17, 15) is 13.2 Å². The fourth-order valence-corrected chi connectivity index (χ4v) is 5.91. The highest BCUT2D eigenvalue weighted by Crippen LogP contribution is 2.29. The minimum Gasteiger partial charge on any atom is -0.301 e. The number of nitrogens with zero attached hydrogens (tertiary/aromatic N) is 2. The lowest BCUT2D eigenvalue weighted by molar-refractivity contribution is -0.119. The quantitative estimate of drug-likeness (QED) is 0.603. The third-order valence-corrected chi connectivity index (χ3v) is 7.94. The molecule has 2 heterocycles. The van der Waals surface area contributed by atoms with E-state index in [-0.39, 0.29) is 10.8 Å². The Balaban J connectivity index is 1.50. The van der Waals surface area contributed by atoms with Crippen molar-refractivity contribution in [3.63, 3.8) is 0 Å². The van der Waals surface area contributed by atoms with Gasteiger partial charge in [-0.25, -0.2) is 13.4 Å². The number of rotatable bonds is 5. The molecule has 1 amide bonds. The van der Waals surface area contributed by atoms with Gasteiger partial charge in [0.1, 0.15) is 6.04 Å². The van der Waals surface area contributed by atoms with Gasteiger partial charge in [0.05, 0.1) is 10.6 Å².